The molecule has 6 heteroatoms. The Bertz CT molecular complexity index is 412. The number of nitrogens with one attached hydrogen (secondary N) is 1. The maximum absolute atomic E-state index is 5.36. The Kier molecular flexibility index (Phi) is 4.12. The van der Waals surface area contributed by atoms with E-state index in [1.807, 2.05) is 23.0 Å². The van der Waals surface area contributed by atoms with Crippen LogP contribution in [-0.4, -0.2) is 21.5 Å². The first-order valence-electron chi connectivity index (χ1n) is 5.13. The second kappa shape index (κ2) is 5.81. The quantitative estimate of drug-likeness (QED) is 0.822. The zero-order valence-corrected chi connectivity index (χ0v) is 10.4. The zero-order chi connectivity index (χ0) is 11.2. The molecule has 0 bridgehead atoms. The van der Waals surface area contributed by atoms with Crippen molar-refractivity contribution >= 4 is 15.9 Å². The average Bonchev–Trinajstić information content (AvgIpc) is 2.89. The van der Waals surface area contributed by atoms with Crippen LogP contribution in [0.5, 0.6) is 0 Å². The molecule has 0 aliphatic heterocycles. The third kappa shape index (κ3) is 3.46. The molecular weight excluding hydrogens is 272 g/mol. The summed E-state index contributed by atoms with van der Waals surface area (Å²) in [6.45, 7) is 2.57. The van der Waals surface area contributed by atoms with Crippen molar-refractivity contribution in [2.75, 3.05) is 6.54 Å². The number of halogens is 1. The van der Waals surface area contributed by atoms with Gasteiger partial charge in [-0.05, 0) is 41.0 Å². The second-order valence-electron chi connectivity index (χ2n) is 3.40. The Morgan fingerprint density at radius 3 is 3.06 bits per heavy atom. The smallest absolute Gasteiger partial charge is 0.169 e. The molecule has 2 rings (SSSR count). The number of hydrogen-bond acceptors (Lipinski definition) is 4. The van der Waals surface area contributed by atoms with Gasteiger partial charge in [-0.1, -0.05) is 5.21 Å². The molecule has 0 aromatic carbocycles. The van der Waals surface area contributed by atoms with Gasteiger partial charge in [0.15, 0.2) is 4.67 Å². The SMILES string of the molecule is Brc1ccc(CNCCCn2ccnn2)o1. The molecule has 86 valence electrons. The van der Waals surface area contributed by atoms with E-state index in [-0.39, 0.29) is 0 Å². The molecule has 0 radical (unpaired) electrons. The number of hydrogen-bond donors (Lipinski definition) is 1. The highest BCUT2D eigenvalue weighted by molar-refractivity contribution is 9.10. The van der Waals surface area contributed by atoms with E-state index in [1.54, 1.807) is 6.20 Å². The predicted octanol–water partition coefficient (Wildman–Crippen LogP) is 1.81. The van der Waals surface area contributed by atoms with Crippen LogP contribution >= 0.6 is 15.9 Å². The summed E-state index contributed by atoms with van der Waals surface area (Å²) in [4.78, 5) is 0. The molecule has 0 aliphatic rings. The van der Waals surface area contributed by atoms with Crippen LogP contribution in [-0.2, 0) is 13.1 Å². The first kappa shape index (κ1) is 11.3. The third-order valence-corrected chi connectivity index (χ3v) is 2.57. The monoisotopic (exact) mass is 284 g/mol. The van der Waals surface area contributed by atoms with Crippen molar-refractivity contribution in [2.45, 2.75) is 19.5 Å². The highest BCUT2D eigenvalue weighted by atomic mass is 79.9. The molecule has 2 heterocycles. The fourth-order valence-electron chi connectivity index (χ4n) is 1.38. The maximum atomic E-state index is 5.36. The molecule has 5 nitrogen and oxygen atoms in total. The van der Waals surface area contributed by atoms with Crippen molar-refractivity contribution in [3.8, 4) is 0 Å². The molecule has 0 saturated carbocycles. The van der Waals surface area contributed by atoms with Crippen molar-refractivity contribution in [3.05, 3.63) is 35.0 Å². The molecular formula is C10H13BrN4O. The first-order valence-corrected chi connectivity index (χ1v) is 5.93. The van der Waals surface area contributed by atoms with Crippen molar-refractivity contribution in [3.63, 3.8) is 0 Å². The maximum Gasteiger partial charge on any atom is 0.169 e. The fourth-order valence-corrected chi connectivity index (χ4v) is 1.72. The van der Waals surface area contributed by atoms with E-state index in [4.69, 9.17) is 4.42 Å². The van der Waals surface area contributed by atoms with Gasteiger partial charge in [0.05, 0.1) is 12.7 Å². The molecule has 0 amide bonds. The van der Waals surface area contributed by atoms with E-state index < -0.39 is 0 Å². The van der Waals surface area contributed by atoms with Crippen LogP contribution in [0.3, 0.4) is 0 Å². The Morgan fingerprint density at radius 1 is 1.44 bits per heavy atom. The van der Waals surface area contributed by atoms with Crippen LogP contribution in [0.2, 0.25) is 0 Å². The van der Waals surface area contributed by atoms with Crippen LogP contribution in [0, 0.1) is 0 Å². The van der Waals surface area contributed by atoms with E-state index in [1.165, 1.54) is 0 Å². The highest BCUT2D eigenvalue weighted by Crippen LogP contribution is 2.13. The largest absolute Gasteiger partial charge is 0.453 e. The number of furan rings is 1. The van der Waals surface area contributed by atoms with E-state index >= 15 is 0 Å². The number of rotatable bonds is 6. The summed E-state index contributed by atoms with van der Waals surface area (Å²) in [6, 6.07) is 3.85. The summed E-state index contributed by atoms with van der Waals surface area (Å²) in [5, 5.41) is 10.9. The fraction of sp³-hybridized carbons (Fsp3) is 0.400. The molecule has 2 aromatic rings. The van der Waals surface area contributed by atoms with Gasteiger partial charge in [-0.25, -0.2) is 0 Å². The van der Waals surface area contributed by atoms with E-state index in [9.17, 15) is 0 Å². The lowest BCUT2D eigenvalue weighted by atomic mass is 10.4. The van der Waals surface area contributed by atoms with Gasteiger partial charge in [0.1, 0.15) is 5.76 Å². The van der Waals surface area contributed by atoms with E-state index in [0.717, 1.165) is 36.5 Å². The summed E-state index contributed by atoms with van der Waals surface area (Å²) in [7, 11) is 0. The van der Waals surface area contributed by atoms with Crippen molar-refractivity contribution < 1.29 is 4.42 Å². The molecule has 2 aromatic heterocycles. The van der Waals surface area contributed by atoms with Gasteiger partial charge in [-0.2, -0.15) is 0 Å². The van der Waals surface area contributed by atoms with Crippen molar-refractivity contribution in [1.29, 1.82) is 0 Å². The van der Waals surface area contributed by atoms with Crippen molar-refractivity contribution in [1.82, 2.24) is 20.3 Å². The van der Waals surface area contributed by atoms with Gasteiger partial charge in [-0.15, -0.1) is 5.10 Å². The summed E-state index contributed by atoms with van der Waals surface area (Å²) < 4.78 is 7.96. The van der Waals surface area contributed by atoms with Gasteiger partial charge in [-0.3, -0.25) is 4.68 Å². The lowest BCUT2D eigenvalue weighted by molar-refractivity contribution is 0.456. The minimum Gasteiger partial charge on any atom is -0.453 e. The Balaban J connectivity index is 1.59. The second-order valence-corrected chi connectivity index (χ2v) is 4.18. The molecule has 0 saturated heterocycles. The molecule has 16 heavy (non-hydrogen) atoms. The molecule has 0 unspecified atom stereocenters. The average molecular weight is 285 g/mol. The molecule has 0 fully saturated rings. The van der Waals surface area contributed by atoms with Crippen LogP contribution in [0.15, 0.2) is 33.6 Å². The summed E-state index contributed by atoms with van der Waals surface area (Å²) in [6.07, 6.45) is 4.57. The minimum atomic E-state index is 0.753. The predicted molar refractivity (Wildman–Crippen MR) is 62.8 cm³/mol. The van der Waals surface area contributed by atoms with E-state index in [0.29, 0.717) is 0 Å². The minimum absolute atomic E-state index is 0.753. The number of aryl methyl sites for hydroxylation is 1. The van der Waals surface area contributed by atoms with Gasteiger partial charge < -0.3 is 9.73 Å². The molecule has 1 N–H and O–H groups in total. The van der Waals surface area contributed by atoms with Gasteiger partial charge >= 0.3 is 0 Å². The zero-order valence-electron chi connectivity index (χ0n) is 8.77. The van der Waals surface area contributed by atoms with E-state index in [2.05, 4.69) is 31.6 Å². The normalized spacial score (nSPS) is 10.8. The van der Waals surface area contributed by atoms with Crippen molar-refractivity contribution in [2.24, 2.45) is 0 Å². The first-order chi connectivity index (χ1) is 7.84. The third-order valence-electron chi connectivity index (χ3n) is 2.14. The summed E-state index contributed by atoms with van der Waals surface area (Å²) >= 11 is 3.27. The summed E-state index contributed by atoms with van der Waals surface area (Å²) in [5.74, 6) is 0.938. The molecule has 0 spiro atoms. The standard InChI is InChI=1S/C10H13BrN4O/c11-10-3-2-9(16-10)8-12-4-1-6-15-7-5-13-14-15/h2-3,5,7,12H,1,4,6,8H2. The lowest BCUT2D eigenvalue weighted by Gasteiger charge is -2.02. The van der Waals surface area contributed by atoms with Gasteiger partial charge in [0.2, 0.25) is 0 Å². The van der Waals surface area contributed by atoms with Crippen LogP contribution in [0.4, 0.5) is 0 Å². The molecule has 0 atom stereocenters. The number of nitrogens with zero attached hydrogens (tertiary/aromatic N) is 3. The Hall–Kier alpha value is -1.14. The Morgan fingerprint density at radius 2 is 2.38 bits per heavy atom. The number of aromatic nitrogens is 3. The van der Waals surface area contributed by atoms with Gasteiger partial charge in [0.25, 0.3) is 0 Å². The van der Waals surface area contributed by atoms with Gasteiger partial charge in [0, 0.05) is 12.7 Å². The van der Waals surface area contributed by atoms with Crippen LogP contribution in [0.25, 0.3) is 0 Å². The molecule has 0 aliphatic carbocycles. The lowest BCUT2D eigenvalue weighted by Crippen LogP contribution is -2.16. The van der Waals surface area contributed by atoms with Crippen LogP contribution < -0.4 is 5.32 Å². The summed E-state index contributed by atoms with van der Waals surface area (Å²) in [5.41, 5.74) is 0. The topological polar surface area (TPSA) is 55.9 Å². The Labute approximate surface area is 102 Å². The van der Waals surface area contributed by atoms with Crippen LogP contribution in [0.1, 0.15) is 12.2 Å². The highest BCUT2D eigenvalue weighted by Gasteiger charge is 1.98.